The maximum absolute atomic E-state index is 11.5. The summed E-state index contributed by atoms with van der Waals surface area (Å²) in [6.45, 7) is 4.22. The van der Waals surface area contributed by atoms with Crippen LogP contribution < -0.4 is 0 Å². The van der Waals surface area contributed by atoms with Crippen molar-refractivity contribution >= 4 is 11.5 Å². The molecule has 1 rings (SSSR count). The van der Waals surface area contributed by atoms with Crippen LogP contribution in [0.15, 0.2) is 36.1 Å². The number of carbonyl (C=O) groups excluding carboxylic acids is 1. The van der Waals surface area contributed by atoms with Crippen molar-refractivity contribution in [2.24, 2.45) is 0 Å². The van der Waals surface area contributed by atoms with Crippen molar-refractivity contribution in [1.82, 2.24) is 0 Å². The van der Waals surface area contributed by atoms with Crippen molar-refractivity contribution in [2.45, 2.75) is 33.1 Å². The van der Waals surface area contributed by atoms with Crippen LogP contribution >= 0.6 is 0 Å². The van der Waals surface area contributed by atoms with Gasteiger partial charge in [0.25, 0.3) is 0 Å². The van der Waals surface area contributed by atoms with Gasteiger partial charge in [-0.15, -0.1) is 5.73 Å². The fraction of sp³-hybridized carbons (Fsp3) is 0.375. The van der Waals surface area contributed by atoms with Crippen molar-refractivity contribution in [3.8, 4) is 0 Å². The molecular formula is C16H20O2. The van der Waals surface area contributed by atoms with Gasteiger partial charge >= 0.3 is 5.97 Å². The zero-order valence-electron chi connectivity index (χ0n) is 11.3. The summed E-state index contributed by atoms with van der Waals surface area (Å²) in [7, 11) is 1.40. The molecule has 0 spiro atoms. The van der Waals surface area contributed by atoms with Crippen LogP contribution in [-0.2, 0) is 4.74 Å². The number of esters is 1. The summed E-state index contributed by atoms with van der Waals surface area (Å²) in [6.07, 6.45) is 5.00. The normalized spacial score (nSPS) is 9.50. The van der Waals surface area contributed by atoms with Gasteiger partial charge in [0, 0.05) is 5.57 Å². The molecule has 1 aromatic rings. The minimum atomic E-state index is -0.299. The first-order chi connectivity index (χ1) is 8.72. The molecule has 0 aliphatic heterocycles. The average Bonchev–Trinajstić information content (AvgIpc) is 2.42. The first kappa shape index (κ1) is 14.3. The molecule has 18 heavy (non-hydrogen) atoms. The predicted octanol–water partition coefficient (Wildman–Crippen LogP) is 4.22. The van der Waals surface area contributed by atoms with E-state index in [9.17, 15) is 4.79 Å². The van der Waals surface area contributed by atoms with E-state index in [1.807, 2.05) is 24.3 Å². The first-order valence-corrected chi connectivity index (χ1v) is 6.35. The Kier molecular flexibility index (Phi) is 5.96. The maximum Gasteiger partial charge on any atom is 0.337 e. The zero-order chi connectivity index (χ0) is 13.4. The fourth-order valence-electron chi connectivity index (χ4n) is 1.73. The Labute approximate surface area is 109 Å². The van der Waals surface area contributed by atoms with E-state index in [2.05, 4.69) is 19.6 Å². The van der Waals surface area contributed by atoms with Gasteiger partial charge in [-0.3, -0.25) is 0 Å². The summed E-state index contributed by atoms with van der Waals surface area (Å²) in [5.74, 6) is -0.299. The molecule has 2 heteroatoms. The highest BCUT2D eigenvalue weighted by Crippen LogP contribution is 2.20. The number of carbonyl (C=O) groups is 1. The Bertz CT molecular complexity index is 466. The van der Waals surface area contributed by atoms with Gasteiger partial charge in [-0.1, -0.05) is 32.4 Å². The summed E-state index contributed by atoms with van der Waals surface area (Å²) in [6, 6.07) is 7.52. The van der Waals surface area contributed by atoms with Gasteiger partial charge in [-0.05, 0) is 36.6 Å². The number of hydrogen-bond donors (Lipinski definition) is 0. The summed E-state index contributed by atoms with van der Waals surface area (Å²) in [4.78, 5) is 11.5. The van der Waals surface area contributed by atoms with E-state index in [1.165, 1.54) is 7.11 Å². The maximum atomic E-state index is 11.5. The lowest BCUT2D eigenvalue weighted by Crippen LogP contribution is -2.01. The van der Waals surface area contributed by atoms with E-state index in [0.29, 0.717) is 5.56 Å². The lowest BCUT2D eigenvalue weighted by atomic mass is 10.00. The smallest absolute Gasteiger partial charge is 0.337 e. The third kappa shape index (κ3) is 3.90. The number of allylic oxidation sites excluding steroid dienone is 1. The van der Waals surface area contributed by atoms with Gasteiger partial charge in [0.15, 0.2) is 0 Å². The average molecular weight is 244 g/mol. The van der Waals surface area contributed by atoms with Crippen molar-refractivity contribution in [3.05, 3.63) is 47.2 Å². The second-order valence-corrected chi connectivity index (χ2v) is 4.06. The second-order valence-electron chi connectivity index (χ2n) is 4.06. The molecule has 0 saturated carbocycles. The molecular weight excluding hydrogens is 224 g/mol. The lowest BCUT2D eigenvalue weighted by molar-refractivity contribution is 0.0600. The lowest BCUT2D eigenvalue weighted by Gasteiger charge is -2.06. The molecule has 1 aromatic carbocycles. The molecule has 0 radical (unpaired) electrons. The quantitative estimate of drug-likeness (QED) is 0.572. The molecule has 0 N–H and O–H groups in total. The number of benzene rings is 1. The summed E-state index contributed by atoms with van der Waals surface area (Å²) < 4.78 is 4.74. The second kappa shape index (κ2) is 7.52. The number of hydrogen-bond acceptors (Lipinski definition) is 2. The van der Waals surface area contributed by atoms with E-state index in [0.717, 1.165) is 30.4 Å². The third-order valence-electron chi connectivity index (χ3n) is 2.61. The van der Waals surface area contributed by atoms with Crippen LogP contribution in [-0.4, -0.2) is 13.1 Å². The number of methoxy groups -OCH3 is 1. The Morgan fingerprint density at radius 1 is 1.33 bits per heavy atom. The van der Waals surface area contributed by atoms with E-state index < -0.39 is 0 Å². The summed E-state index contributed by atoms with van der Waals surface area (Å²) in [5.41, 5.74) is 6.08. The van der Waals surface area contributed by atoms with E-state index in [-0.39, 0.29) is 5.97 Å². The first-order valence-electron chi connectivity index (χ1n) is 6.35. The van der Waals surface area contributed by atoms with Crippen LogP contribution in [0.1, 0.15) is 49.0 Å². The van der Waals surface area contributed by atoms with Crippen LogP contribution in [0.5, 0.6) is 0 Å². The van der Waals surface area contributed by atoms with E-state index >= 15 is 0 Å². The minimum absolute atomic E-state index is 0.299. The third-order valence-corrected chi connectivity index (χ3v) is 2.61. The Morgan fingerprint density at radius 2 is 2.06 bits per heavy atom. The van der Waals surface area contributed by atoms with Crippen LogP contribution in [0, 0.1) is 0 Å². The van der Waals surface area contributed by atoms with E-state index in [4.69, 9.17) is 4.74 Å². The van der Waals surface area contributed by atoms with Gasteiger partial charge < -0.3 is 4.74 Å². The van der Waals surface area contributed by atoms with Crippen molar-refractivity contribution in [3.63, 3.8) is 0 Å². The number of ether oxygens (including phenoxy) is 1. The molecule has 96 valence electrons. The Balaban J connectivity index is 3.13. The molecule has 2 nitrogen and oxygen atoms in total. The molecule has 0 aliphatic carbocycles. The van der Waals surface area contributed by atoms with Crippen LogP contribution in [0.25, 0.3) is 5.57 Å². The summed E-state index contributed by atoms with van der Waals surface area (Å²) >= 11 is 0. The van der Waals surface area contributed by atoms with Gasteiger partial charge in [0.2, 0.25) is 0 Å². The highest BCUT2D eigenvalue weighted by atomic mass is 16.5. The molecule has 0 saturated heterocycles. The van der Waals surface area contributed by atoms with Crippen molar-refractivity contribution in [2.75, 3.05) is 7.11 Å². The van der Waals surface area contributed by atoms with E-state index in [1.54, 1.807) is 6.07 Å². The summed E-state index contributed by atoms with van der Waals surface area (Å²) in [5, 5.41) is 0. The SMILES string of the molecule is CCC=C=C(CCC)c1cccc(C(=O)OC)c1. The Morgan fingerprint density at radius 3 is 2.67 bits per heavy atom. The topological polar surface area (TPSA) is 26.3 Å². The van der Waals surface area contributed by atoms with Crippen molar-refractivity contribution in [1.29, 1.82) is 0 Å². The molecule has 0 fully saturated rings. The molecule has 0 amide bonds. The highest BCUT2D eigenvalue weighted by Gasteiger charge is 2.07. The molecule has 0 bridgehead atoms. The molecule has 0 aromatic heterocycles. The highest BCUT2D eigenvalue weighted by molar-refractivity contribution is 5.90. The number of rotatable bonds is 5. The fourth-order valence-corrected chi connectivity index (χ4v) is 1.73. The molecule has 0 heterocycles. The molecule has 0 atom stereocenters. The van der Waals surface area contributed by atoms with Crippen LogP contribution in [0.2, 0.25) is 0 Å². The minimum Gasteiger partial charge on any atom is -0.465 e. The van der Waals surface area contributed by atoms with Crippen molar-refractivity contribution < 1.29 is 9.53 Å². The predicted molar refractivity (Wildman–Crippen MR) is 74.5 cm³/mol. The van der Waals surface area contributed by atoms with Crippen LogP contribution in [0.3, 0.4) is 0 Å². The molecule has 0 unspecified atom stereocenters. The standard InChI is InChI=1S/C16H20O2/c1-4-6-9-13(8-5-2)14-10-7-11-15(12-14)16(17)18-3/h6-7,10-12H,4-5,8H2,1-3H3. The zero-order valence-corrected chi connectivity index (χ0v) is 11.3. The largest absolute Gasteiger partial charge is 0.465 e. The van der Waals surface area contributed by atoms with Gasteiger partial charge in [-0.25, -0.2) is 4.79 Å². The monoisotopic (exact) mass is 244 g/mol. The van der Waals surface area contributed by atoms with Gasteiger partial charge in [0.05, 0.1) is 12.7 Å². The van der Waals surface area contributed by atoms with Gasteiger partial charge in [-0.2, -0.15) is 0 Å². The van der Waals surface area contributed by atoms with Crippen LogP contribution in [0.4, 0.5) is 0 Å². The molecule has 0 aliphatic rings. The van der Waals surface area contributed by atoms with Gasteiger partial charge in [0.1, 0.15) is 0 Å². The Hall–Kier alpha value is -1.79.